The zero-order valence-electron chi connectivity index (χ0n) is 21.7. The van der Waals surface area contributed by atoms with E-state index in [1.165, 1.54) is 0 Å². The third kappa shape index (κ3) is 5.26. The zero-order chi connectivity index (χ0) is 27.7. The zero-order valence-corrected chi connectivity index (χ0v) is 22.5. The lowest BCUT2D eigenvalue weighted by Gasteiger charge is -2.27. The van der Waals surface area contributed by atoms with E-state index >= 15 is 0 Å². The highest BCUT2D eigenvalue weighted by Crippen LogP contribution is 2.43. The number of nitrogens with one attached hydrogen (secondary N) is 2. The molecule has 8 nitrogen and oxygen atoms in total. The summed E-state index contributed by atoms with van der Waals surface area (Å²) in [6, 6.07) is 21.3. The number of nitrogens with zero attached hydrogens (tertiary/aromatic N) is 2. The molecule has 198 valence electrons. The fraction of sp³-hybridized carbons (Fsp3) is 0.200. The van der Waals surface area contributed by atoms with Crippen molar-refractivity contribution in [1.29, 1.82) is 0 Å². The summed E-state index contributed by atoms with van der Waals surface area (Å²) in [5.74, 6) is 0.131. The summed E-state index contributed by atoms with van der Waals surface area (Å²) >= 11 is 5.82. The van der Waals surface area contributed by atoms with Gasteiger partial charge in [0, 0.05) is 29.1 Å². The minimum Gasteiger partial charge on any atom is -0.478 e. The van der Waals surface area contributed by atoms with Crippen molar-refractivity contribution >= 4 is 40.6 Å². The second-order valence-corrected chi connectivity index (χ2v) is 10.1. The molecular formula is C30H28N4O4S. The van der Waals surface area contributed by atoms with Crippen LogP contribution in [-0.4, -0.2) is 27.1 Å². The van der Waals surface area contributed by atoms with Crippen LogP contribution in [0, 0.1) is 12.8 Å². The van der Waals surface area contributed by atoms with Gasteiger partial charge in [0.2, 0.25) is 5.91 Å². The van der Waals surface area contributed by atoms with Crippen molar-refractivity contribution < 1.29 is 19.1 Å². The number of aromatic carboxylic acids is 1. The van der Waals surface area contributed by atoms with E-state index in [1.54, 1.807) is 30.5 Å². The molecule has 1 aliphatic heterocycles. The molecular weight excluding hydrogens is 512 g/mol. The van der Waals surface area contributed by atoms with Gasteiger partial charge >= 0.3 is 5.97 Å². The number of benzene rings is 2. The van der Waals surface area contributed by atoms with Crippen LogP contribution in [0.3, 0.4) is 0 Å². The fourth-order valence-corrected chi connectivity index (χ4v) is 4.93. The summed E-state index contributed by atoms with van der Waals surface area (Å²) in [6.45, 7) is 5.66. The first-order chi connectivity index (χ1) is 18.7. The largest absolute Gasteiger partial charge is 0.478 e. The van der Waals surface area contributed by atoms with Gasteiger partial charge < -0.3 is 25.1 Å². The van der Waals surface area contributed by atoms with Crippen LogP contribution in [0.1, 0.15) is 53.3 Å². The third-order valence-corrected chi connectivity index (χ3v) is 7.02. The van der Waals surface area contributed by atoms with Crippen molar-refractivity contribution in [3.05, 3.63) is 102 Å². The van der Waals surface area contributed by atoms with Crippen molar-refractivity contribution in [3.63, 3.8) is 0 Å². The Labute approximate surface area is 231 Å². The van der Waals surface area contributed by atoms with E-state index in [0.717, 1.165) is 28.2 Å². The van der Waals surface area contributed by atoms with E-state index in [2.05, 4.69) is 15.6 Å². The summed E-state index contributed by atoms with van der Waals surface area (Å²) in [6.07, 6.45) is 1.74. The molecule has 0 aliphatic carbocycles. The van der Waals surface area contributed by atoms with Gasteiger partial charge in [-0.15, -0.1) is 0 Å². The highest BCUT2D eigenvalue weighted by molar-refractivity contribution is 7.80. The second-order valence-electron chi connectivity index (χ2n) is 9.72. The van der Waals surface area contributed by atoms with Gasteiger partial charge in [0.25, 0.3) is 0 Å². The third-order valence-electron chi connectivity index (χ3n) is 6.70. The van der Waals surface area contributed by atoms with Gasteiger partial charge in [-0.25, -0.2) is 4.79 Å². The maximum atomic E-state index is 12.3. The number of amides is 1. The SMILES string of the molecule is Cc1cc(N2C(=S)N[C@@H](c3ccccn3)[C@@H]2c2ccc(-c3ccc(C(=O)O)cc3)o2)ccc1NC(=O)C(C)C. The Morgan fingerprint density at radius 2 is 1.85 bits per heavy atom. The molecule has 1 saturated heterocycles. The van der Waals surface area contributed by atoms with Gasteiger partial charge in [-0.3, -0.25) is 9.78 Å². The van der Waals surface area contributed by atoms with E-state index in [0.29, 0.717) is 16.6 Å². The van der Waals surface area contributed by atoms with Crippen LogP contribution in [0.25, 0.3) is 11.3 Å². The Morgan fingerprint density at radius 1 is 1.08 bits per heavy atom. The van der Waals surface area contributed by atoms with Crippen LogP contribution in [0.5, 0.6) is 0 Å². The van der Waals surface area contributed by atoms with Gasteiger partial charge in [-0.05, 0) is 79.3 Å². The number of aromatic nitrogens is 1. The molecule has 3 N–H and O–H groups in total. The average Bonchev–Trinajstić information content (AvgIpc) is 3.55. The monoisotopic (exact) mass is 540 g/mol. The number of carbonyl (C=O) groups excluding carboxylic acids is 1. The Bertz CT molecular complexity index is 1530. The van der Waals surface area contributed by atoms with Crippen molar-refractivity contribution in [3.8, 4) is 11.3 Å². The molecule has 2 aromatic carbocycles. The number of anilines is 2. The summed E-state index contributed by atoms with van der Waals surface area (Å²) in [5, 5.41) is 16.1. The lowest BCUT2D eigenvalue weighted by atomic mass is 10.0. The van der Waals surface area contributed by atoms with Crippen molar-refractivity contribution in [2.75, 3.05) is 10.2 Å². The molecule has 3 heterocycles. The number of rotatable bonds is 7. The molecule has 1 amide bonds. The van der Waals surface area contributed by atoms with Crippen molar-refractivity contribution in [2.45, 2.75) is 32.9 Å². The first kappa shape index (κ1) is 26.1. The van der Waals surface area contributed by atoms with Gasteiger partial charge in [0.15, 0.2) is 5.11 Å². The molecule has 5 rings (SSSR count). The van der Waals surface area contributed by atoms with Gasteiger partial charge in [-0.2, -0.15) is 0 Å². The first-order valence-corrected chi connectivity index (χ1v) is 13.0. The minimum absolute atomic E-state index is 0.0446. The smallest absolute Gasteiger partial charge is 0.335 e. The lowest BCUT2D eigenvalue weighted by molar-refractivity contribution is -0.118. The summed E-state index contributed by atoms with van der Waals surface area (Å²) in [7, 11) is 0. The number of furan rings is 1. The number of carbonyl (C=O) groups is 2. The minimum atomic E-state index is -0.980. The Morgan fingerprint density at radius 3 is 2.49 bits per heavy atom. The Balaban J connectivity index is 1.53. The van der Waals surface area contributed by atoms with Crippen LogP contribution >= 0.6 is 12.2 Å². The normalized spacial score (nSPS) is 16.8. The van der Waals surface area contributed by atoms with E-state index in [-0.39, 0.29) is 29.5 Å². The Hall–Kier alpha value is -4.50. The molecule has 0 bridgehead atoms. The number of aryl methyl sites for hydroxylation is 1. The molecule has 1 fully saturated rings. The number of pyridine rings is 1. The predicted molar refractivity (Wildman–Crippen MR) is 154 cm³/mol. The van der Waals surface area contributed by atoms with Crippen LogP contribution in [0.2, 0.25) is 0 Å². The molecule has 9 heteroatoms. The molecule has 4 aromatic rings. The summed E-state index contributed by atoms with van der Waals surface area (Å²) in [5.41, 5.74) is 4.29. The molecule has 0 spiro atoms. The second kappa shape index (κ2) is 10.7. The Kier molecular flexibility index (Phi) is 7.17. The number of carboxylic acids is 1. The average molecular weight is 541 g/mol. The van der Waals surface area contributed by atoms with E-state index in [1.807, 2.05) is 74.2 Å². The first-order valence-electron chi connectivity index (χ1n) is 12.6. The highest BCUT2D eigenvalue weighted by Gasteiger charge is 2.42. The van der Waals surface area contributed by atoms with Gasteiger partial charge in [0.1, 0.15) is 17.6 Å². The number of hydrogen-bond donors (Lipinski definition) is 3. The summed E-state index contributed by atoms with van der Waals surface area (Å²) in [4.78, 5) is 30.1. The van der Waals surface area contributed by atoms with E-state index in [4.69, 9.17) is 16.6 Å². The fourth-order valence-electron chi connectivity index (χ4n) is 4.58. The summed E-state index contributed by atoms with van der Waals surface area (Å²) < 4.78 is 6.37. The topological polar surface area (TPSA) is 108 Å². The number of hydrogen-bond acceptors (Lipinski definition) is 5. The molecule has 0 unspecified atom stereocenters. The molecule has 2 aromatic heterocycles. The molecule has 0 saturated carbocycles. The molecule has 0 radical (unpaired) electrons. The highest BCUT2D eigenvalue weighted by atomic mass is 32.1. The van der Waals surface area contributed by atoms with E-state index < -0.39 is 5.97 Å². The predicted octanol–water partition coefficient (Wildman–Crippen LogP) is 6.12. The quantitative estimate of drug-likeness (QED) is 0.241. The van der Waals surface area contributed by atoms with Crippen LogP contribution in [-0.2, 0) is 4.79 Å². The van der Waals surface area contributed by atoms with Crippen molar-refractivity contribution in [2.24, 2.45) is 5.92 Å². The van der Waals surface area contributed by atoms with Crippen LogP contribution < -0.4 is 15.5 Å². The van der Waals surface area contributed by atoms with Crippen LogP contribution in [0.15, 0.2) is 83.4 Å². The maximum absolute atomic E-state index is 12.3. The molecule has 1 aliphatic rings. The van der Waals surface area contributed by atoms with E-state index in [9.17, 15) is 14.7 Å². The van der Waals surface area contributed by atoms with Crippen molar-refractivity contribution in [1.82, 2.24) is 10.3 Å². The standard InChI is InChI=1S/C30H28N4O4S/c1-17(2)28(35)32-22-12-11-21(16-18(22)3)34-27(26(33-30(34)39)23-6-4-5-15-31-23)25-14-13-24(38-25)19-7-9-20(10-8-19)29(36)37/h4-17,26-27H,1-3H3,(H,32,35)(H,33,39)(H,36,37)/t26-,27-/m0/s1. The molecule has 2 atom stereocenters. The van der Waals surface area contributed by atoms with Gasteiger partial charge in [-0.1, -0.05) is 32.0 Å². The molecule has 39 heavy (non-hydrogen) atoms. The van der Waals surface area contributed by atoms with Gasteiger partial charge in [0.05, 0.1) is 17.3 Å². The maximum Gasteiger partial charge on any atom is 0.335 e. The number of thiocarbonyl (C=S) groups is 1. The lowest BCUT2D eigenvalue weighted by Crippen LogP contribution is -2.29. The number of carboxylic acid groups (broad SMARTS) is 1. The van der Waals surface area contributed by atoms with Crippen LogP contribution in [0.4, 0.5) is 11.4 Å².